The van der Waals surface area contributed by atoms with Crippen LogP contribution in [0.1, 0.15) is 51.5 Å². The first-order valence-electron chi connectivity index (χ1n) is 6.78. The fourth-order valence-corrected chi connectivity index (χ4v) is 2.22. The Hall–Kier alpha value is -1.37. The van der Waals surface area contributed by atoms with Crippen molar-refractivity contribution < 1.29 is 4.79 Å². The number of carbonyl (C=O) groups is 1. The van der Waals surface area contributed by atoms with E-state index in [4.69, 9.17) is 0 Å². The number of benzene rings is 1. The van der Waals surface area contributed by atoms with Gasteiger partial charge in [0.2, 0.25) is 0 Å². The molecule has 0 radical (unpaired) electrons. The lowest BCUT2D eigenvalue weighted by atomic mass is 9.81. The van der Waals surface area contributed by atoms with Gasteiger partial charge in [0.25, 0.3) is 0 Å². The number of Topliss-reactive ketones (excluding diaryl/α,β-unsaturated/α-hetero) is 1. The van der Waals surface area contributed by atoms with E-state index in [1.165, 1.54) is 0 Å². The van der Waals surface area contributed by atoms with Crippen molar-refractivity contribution in [1.82, 2.24) is 0 Å². The molecule has 98 valence electrons. The lowest BCUT2D eigenvalue weighted by molar-refractivity contribution is -0.121. The van der Waals surface area contributed by atoms with Gasteiger partial charge in [-0.05, 0) is 24.8 Å². The molecule has 0 spiro atoms. The fourth-order valence-electron chi connectivity index (χ4n) is 2.22. The smallest absolute Gasteiger partial charge is 0.140 e. The van der Waals surface area contributed by atoms with Gasteiger partial charge in [-0.3, -0.25) is 4.79 Å². The Balaban J connectivity index is 2.85. The fraction of sp³-hybridized carbons (Fsp3) is 0.471. The van der Waals surface area contributed by atoms with Crippen LogP contribution in [0.4, 0.5) is 0 Å². The minimum absolute atomic E-state index is 0.0375. The Kier molecular flexibility index (Phi) is 5.84. The molecular weight excluding hydrogens is 220 g/mol. The van der Waals surface area contributed by atoms with Crippen LogP contribution < -0.4 is 0 Å². The van der Waals surface area contributed by atoms with E-state index in [0.29, 0.717) is 18.1 Å². The normalized spacial score (nSPS) is 13.9. The predicted octanol–water partition coefficient (Wildman–Crippen LogP) is 4.74. The summed E-state index contributed by atoms with van der Waals surface area (Å²) in [5.41, 5.74) is 2.23. The van der Waals surface area contributed by atoms with Crippen LogP contribution in [0.5, 0.6) is 0 Å². The summed E-state index contributed by atoms with van der Waals surface area (Å²) in [7, 11) is 0. The minimum atomic E-state index is 0.0375. The summed E-state index contributed by atoms with van der Waals surface area (Å²) in [5, 5.41) is 0. The molecule has 1 rings (SSSR count). The topological polar surface area (TPSA) is 17.1 Å². The van der Waals surface area contributed by atoms with Crippen LogP contribution in [0.25, 0.3) is 0 Å². The average Bonchev–Trinajstić information content (AvgIpc) is 2.37. The molecule has 0 aromatic heterocycles. The van der Waals surface area contributed by atoms with Crippen LogP contribution in [-0.4, -0.2) is 5.78 Å². The van der Waals surface area contributed by atoms with Crippen LogP contribution >= 0.6 is 0 Å². The Labute approximate surface area is 111 Å². The quantitative estimate of drug-likeness (QED) is 0.633. The Morgan fingerprint density at radius 1 is 1.22 bits per heavy atom. The molecule has 0 bridgehead atoms. The van der Waals surface area contributed by atoms with E-state index >= 15 is 0 Å². The molecule has 0 aliphatic rings. The SMILES string of the molecule is C=C(C)CCC(=O)C(c1ccccc1)C(C)CC. The summed E-state index contributed by atoms with van der Waals surface area (Å²) in [6.45, 7) is 10.2. The van der Waals surface area contributed by atoms with Crippen LogP contribution in [0, 0.1) is 5.92 Å². The van der Waals surface area contributed by atoms with Gasteiger partial charge >= 0.3 is 0 Å². The third-order valence-corrected chi connectivity index (χ3v) is 3.52. The maximum Gasteiger partial charge on any atom is 0.140 e. The summed E-state index contributed by atoms with van der Waals surface area (Å²) >= 11 is 0. The number of allylic oxidation sites excluding steroid dienone is 1. The minimum Gasteiger partial charge on any atom is -0.299 e. The molecular formula is C17H24O. The Morgan fingerprint density at radius 2 is 1.83 bits per heavy atom. The molecule has 2 atom stereocenters. The van der Waals surface area contributed by atoms with Gasteiger partial charge in [0.05, 0.1) is 0 Å². The molecule has 2 unspecified atom stereocenters. The van der Waals surface area contributed by atoms with E-state index in [0.717, 1.165) is 24.0 Å². The summed E-state index contributed by atoms with van der Waals surface area (Å²) in [6.07, 6.45) is 2.44. The molecule has 0 saturated carbocycles. The highest BCUT2D eigenvalue weighted by atomic mass is 16.1. The van der Waals surface area contributed by atoms with Gasteiger partial charge in [0.1, 0.15) is 5.78 Å². The summed E-state index contributed by atoms with van der Waals surface area (Å²) in [5.74, 6) is 0.777. The monoisotopic (exact) mass is 244 g/mol. The van der Waals surface area contributed by atoms with Crippen LogP contribution in [-0.2, 0) is 4.79 Å². The first kappa shape index (κ1) is 14.7. The maximum absolute atomic E-state index is 12.4. The van der Waals surface area contributed by atoms with Crippen LogP contribution in [0.2, 0.25) is 0 Å². The maximum atomic E-state index is 12.4. The molecule has 0 N–H and O–H groups in total. The van der Waals surface area contributed by atoms with E-state index in [2.05, 4.69) is 32.6 Å². The van der Waals surface area contributed by atoms with Crippen molar-refractivity contribution in [2.45, 2.75) is 46.0 Å². The predicted molar refractivity (Wildman–Crippen MR) is 77.7 cm³/mol. The van der Waals surface area contributed by atoms with Gasteiger partial charge in [-0.25, -0.2) is 0 Å². The van der Waals surface area contributed by atoms with E-state index in [1.54, 1.807) is 0 Å². The largest absolute Gasteiger partial charge is 0.299 e. The van der Waals surface area contributed by atoms with Crippen LogP contribution in [0.15, 0.2) is 42.5 Å². The van der Waals surface area contributed by atoms with Crippen molar-refractivity contribution in [3.05, 3.63) is 48.0 Å². The highest BCUT2D eigenvalue weighted by molar-refractivity contribution is 5.86. The molecule has 0 amide bonds. The molecule has 0 aliphatic heterocycles. The third kappa shape index (κ3) is 4.14. The van der Waals surface area contributed by atoms with Crippen molar-refractivity contribution >= 4 is 5.78 Å². The van der Waals surface area contributed by atoms with E-state index in [1.807, 2.05) is 25.1 Å². The summed E-state index contributed by atoms with van der Waals surface area (Å²) in [6, 6.07) is 10.1. The number of hydrogen-bond acceptors (Lipinski definition) is 1. The van der Waals surface area contributed by atoms with Crippen molar-refractivity contribution in [3.63, 3.8) is 0 Å². The lowest BCUT2D eigenvalue weighted by Crippen LogP contribution is -2.19. The molecule has 1 nitrogen and oxygen atoms in total. The lowest BCUT2D eigenvalue weighted by Gasteiger charge is -2.22. The number of hydrogen-bond donors (Lipinski definition) is 0. The second-order valence-electron chi connectivity index (χ2n) is 5.20. The van der Waals surface area contributed by atoms with E-state index in [-0.39, 0.29) is 5.92 Å². The van der Waals surface area contributed by atoms with Crippen molar-refractivity contribution in [2.24, 2.45) is 5.92 Å². The molecule has 18 heavy (non-hydrogen) atoms. The molecule has 0 heterocycles. The number of carbonyl (C=O) groups excluding carboxylic acids is 1. The van der Waals surface area contributed by atoms with E-state index < -0.39 is 0 Å². The zero-order valence-corrected chi connectivity index (χ0v) is 11.8. The van der Waals surface area contributed by atoms with Gasteiger partial charge < -0.3 is 0 Å². The van der Waals surface area contributed by atoms with Gasteiger partial charge in [-0.2, -0.15) is 0 Å². The number of ketones is 1. The Bertz CT molecular complexity index is 391. The average molecular weight is 244 g/mol. The molecule has 1 aromatic rings. The number of rotatable bonds is 7. The second kappa shape index (κ2) is 7.15. The van der Waals surface area contributed by atoms with Gasteiger partial charge in [-0.15, -0.1) is 6.58 Å². The van der Waals surface area contributed by atoms with Crippen molar-refractivity contribution in [1.29, 1.82) is 0 Å². The molecule has 0 fully saturated rings. The van der Waals surface area contributed by atoms with E-state index in [9.17, 15) is 4.79 Å². The molecule has 0 saturated heterocycles. The summed E-state index contributed by atoms with van der Waals surface area (Å²) in [4.78, 5) is 12.4. The van der Waals surface area contributed by atoms with Crippen molar-refractivity contribution in [3.8, 4) is 0 Å². The molecule has 1 aromatic carbocycles. The summed E-state index contributed by atoms with van der Waals surface area (Å²) < 4.78 is 0. The third-order valence-electron chi connectivity index (χ3n) is 3.52. The zero-order valence-electron chi connectivity index (χ0n) is 11.8. The molecule has 1 heteroatoms. The zero-order chi connectivity index (χ0) is 13.5. The van der Waals surface area contributed by atoms with Crippen molar-refractivity contribution in [2.75, 3.05) is 0 Å². The highest BCUT2D eigenvalue weighted by Gasteiger charge is 2.24. The Morgan fingerprint density at radius 3 is 2.33 bits per heavy atom. The second-order valence-corrected chi connectivity index (χ2v) is 5.20. The highest BCUT2D eigenvalue weighted by Crippen LogP contribution is 2.29. The molecule has 0 aliphatic carbocycles. The van der Waals surface area contributed by atoms with Gasteiger partial charge in [0.15, 0.2) is 0 Å². The first-order chi connectivity index (χ1) is 8.56. The van der Waals surface area contributed by atoms with Gasteiger partial charge in [-0.1, -0.05) is 56.2 Å². The van der Waals surface area contributed by atoms with Gasteiger partial charge in [0, 0.05) is 12.3 Å². The standard InChI is InChI=1S/C17H24O/c1-5-14(4)17(15-9-7-6-8-10-15)16(18)12-11-13(2)3/h6-10,14,17H,2,5,11-12H2,1,3-4H3. The van der Waals surface area contributed by atoms with Crippen LogP contribution in [0.3, 0.4) is 0 Å². The first-order valence-corrected chi connectivity index (χ1v) is 6.78.